The molecule has 0 radical (unpaired) electrons. The Morgan fingerprint density at radius 1 is 1.32 bits per heavy atom. The van der Waals surface area contributed by atoms with Crippen LogP contribution in [0.5, 0.6) is 0 Å². The van der Waals surface area contributed by atoms with Crippen molar-refractivity contribution < 1.29 is 9.15 Å². The summed E-state index contributed by atoms with van der Waals surface area (Å²) in [6.07, 6.45) is 3.47. The zero-order valence-electron chi connectivity index (χ0n) is 14.3. The summed E-state index contributed by atoms with van der Waals surface area (Å²) in [6.45, 7) is 5.63. The van der Waals surface area contributed by atoms with Crippen LogP contribution in [0.15, 0.2) is 39.9 Å². The van der Waals surface area contributed by atoms with Gasteiger partial charge in [-0.15, -0.1) is 35.3 Å². The summed E-state index contributed by atoms with van der Waals surface area (Å²) in [4.78, 5) is 5.83. The third kappa shape index (κ3) is 9.48. The molecule has 0 bridgehead atoms. The molecule has 0 aromatic carbocycles. The molecular weight excluding hydrogens is 473 g/mol. The van der Waals surface area contributed by atoms with Crippen LogP contribution >= 0.6 is 46.9 Å². The molecule has 0 amide bonds. The molecule has 0 fully saturated rings. The molecule has 0 aliphatic heterocycles. The van der Waals surface area contributed by atoms with E-state index in [4.69, 9.17) is 20.8 Å². The zero-order chi connectivity index (χ0) is 17.0. The summed E-state index contributed by atoms with van der Waals surface area (Å²) < 4.78 is 11.6. The predicted octanol–water partition coefficient (Wildman–Crippen LogP) is 4.32. The highest BCUT2D eigenvalue weighted by Crippen LogP contribution is 2.21. The molecule has 8 heteroatoms. The van der Waals surface area contributed by atoms with E-state index in [-0.39, 0.29) is 24.0 Å². The maximum absolute atomic E-state index is 5.94. The summed E-state index contributed by atoms with van der Waals surface area (Å²) >= 11 is 7.56. The molecule has 2 rings (SSSR count). The second-order valence-electron chi connectivity index (χ2n) is 5.13. The summed E-state index contributed by atoms with van der Waals surface area (Å²) in [5.41, 5.74) is 0. The number of thiophene rings is 1. The summed E-state index contributed by atoms with van der Waals surface area (Å²) in [6, 6.07) is 7.77. The van der Waals surface area contributed by atoms with Gasteiger partial charge in [0.1, 0.15) is 12.4 Å². The Hall–Kier alpha value is -0.770. The number of guanidine groups is 1. The number of nitrogens with one attached hydrogen (secondary N) is 2. The summed E-state index contributed by atoms with van der Waals surface area (Å²) in [5, 5.41) is 6.59. The number of hydrogen-bond acceptors (Lipinski definition) is 4. The fraction of sp³-hybridized carbons (Fsp3) is 0.471. The minimum Gasteiger partial charge on any atom is -0.467 e. The van der Waals surface area contributed by atoms with Gasteiger partial charge in [-0.1, -0.05) is 11.6 Å². The van der Waals surface area contributed by atoms with Gasteiger partial charge in [0.2, 0.25) is 0 Å². The number of furan rings is 1. The topological polar surface area (TPSA) is 58.8 Å². The van der Waals surface area contributed by atoms with E-state index in [0.29, 0.717) is 13.2 Å². The highest BCUT2D eigenvalue weighted by Gasteiger charge is 2.00. The number of aliphatic imine (C=N–C) groups is 1. The normalized spacial score (nSPS) is 11.2. The fourth-order valence-electron chi connectivity index (χ4n) is 2.06. The van der Waals surface area contributed by atoms with Gasteiger partial charge in [-0.05, 0) is 44.0 Å². The van der Waals surface area contributed by atoms with Crippen LogP contribution in [-0.4, -0.2) is 32.2 Å². The van der Waals surface area contributed by atoms with Crippen molar-refractivity contribution in [2.75, 3.05) is 26.2 Å². The van der Waals surface area contributed by atoms with Gasteiger partial charge in [-0.3, -0.25) is 4.99 Å². The van der Waals surface area contributed by atoms with Crippen molar-refractivity contribution in [1.29, 1.82) is 0 Å². The quantitative estimate of drug-likeness (QED) is 0.222. The predicted molar refractivity (Wildman–Crippen MR) is 115 cm³/mol. The smallest absolute Gasteiger partial charge is 0.191 e. The van der Waals surface area contributed by atoms with Gasteiger partial charge in [-0.25, -0.2) is 0 Å². The van der Waals surface area contributed by atoms with E-state index < -0.39 is 0 Å². The molecular formula is C17H25ClIN3O2S. The minimum absolute atomic E-state index is 0. The lowest BCUT2D eigenvalue weighted by Gasteiger charge is -2.10. The van der Waals surface area contributed by atoms with Crippen molar-refractivity contribution in [3.8, 4) is 0 Å². The van der Waals surface area contributed by atoms with Gasteiger partial charge in [0.05, 0.1) is 10.6 Å². The molecule has 2 heterocycles. The molecule has 0 aliphatic rings. The second kappa shape index (κ2) is 13.4. The Morgan fingerprint density at radius 2 is 2.20 bits per heavy atom. The van der Waals surface area contributed by atoms with E-state index in [1.54, 1.807) is 17.6 Å². The maximum Gasteiger partial charge on any atom is 0.191 e. The number of nitrogens with zero attached hydrogens (tertiary/aromatic N) is 1. The Labute approximate surface area is 175 Å². The van der Waals surface area contributed by atoms with Gasteiger partial charge in [0.25, 0.3) is 0 Å². The van der Waals surface area contributed by atoms with Crippen molar-refractivity contribution in [3.63, 3.8) is 0 Å². The highest BCUT2D eigenvalue weighted by molar-refractivity contribution is 14.0. The molecule has 2 aromatic rings. The van der Waals surface area contributed by atoms with Crippen LogP contribution in [0.4, 0.5) is 0 Å². The molecule has 5 nitrogen and oxygen atoms in total. The molecule has 140 valence electrons. The maximum atomic E-state index is 5.94. The van der Waals surface area contributed by atoms with Crippen LogP contribution in [0.3, 0.4) is 0 Å². The van der Waals surface area contributed by atoms with Gasteiger partial charge in [0, 0.05) is 31.1 Å². The van der Waals surface area contributed by atoms with Gasteiger partial charge < -0.3 is 19.8 Å². The van der Waals surface area contributed by atoms with Crippen LogP contribution in [0.2, 0.25) is 4.34 Å². The molecule has 0 saturated carbocycles. The minimum atomic E-state index is 0. The van der Waals surface area contributed by atoms with E-state index in [1.165, 1.54) is 4.88 Å². The van der Waals surface area contributed by atoms with Crippen molar-refractivity contribution in [2.24, 2.45) is 4.99 Å². The molecule has 0 atom stereocenters. The zero-order valence-corrected chi connectivity index (χ0v) is 18.2. The number of rotatable bonds is 10. The van der Waals surface area contributed by atoms with Crippen LogP contribution in [0, 0.1) is 0 Å². The van der Waals surface area contributed by atoms with Crippen molar-refractivity contribution in [2.45, 2.75) is 26.4 Å². The summed E-state index contributed by atoms with van der Waals surface area (Å²) in [7, 11) is 0. The van der Waals surface area contributed by atoms with Crippen LogP contribution < -0.4 is 10.6 Å². The Bertz CT molecular complexity index is 605. The first kappa shape index (κ1) is 22.3. The Balaban J connectivity index is 0.00000312. The highest BCUT2D eigenvalue weighted by atomic mass is 127. The second-order valence-corrected chi connectivity index (χ2v) is 6.93. The van der Waals surface area contributed by atoms with E-state index in [1.807, 2.05) is 18.2 Å². The lowest BCUT2D eigenvalue weighted by atomic mass is 10.3. The van der Waals surface area contributed by atoms with Crippen molar-refractivity contribution >= 4 is 52.9 Å². The molecule has 2 N–H and O–H groups in total. The monoisotopic (exact) mass is 497 g/mol. The third-order valence-corrected chi connectivity index (χ3v) is 4.47. The first-order valence-electron chi connectivity index (χ1n) is 8.14. The SMILES string of the molecule is CCNC(=NCCCOCc1ccco1)NCCc1ccc(Cl)s1.I. The first-order chi connectivity index (χ1) is 11.8. The average molecular weight is 498 g/mol. The van der Waals surface area contributed by atoms with E-state index in [0.717, 1.165) is 48.5 Å². The molecule has 0 unspecified atom stereocenters. The van der Waals surface area contributed by atoms with Crippen molar-refractivity contribution in [3.05, 3.63) is 45.5 Å². The molecule has 0 saturated heterocycles. The van der Waals surface area contributed by atoms with E-state index in [2.05, 4.69) is 28.6 Å². The van der Waals surface area contributed by atoms with Crippen LogP contribution in [0.1, 0.15) is 24.0 Å². The van der Waals surface area contributed by atoms with Crippen LogP contribution in [-0.2, 0) is 17.8 Å². The first-order valence-corrected chi connectivity index (χ1v) is 9.34. The third-order valence-electron chi connectivity index (χ3n) is 3.18. The molecule has 25 heavy (non-hydrogen) atoms. The molecule has 0 aliphatic carbocycles. The number of ether oxygens (including phenoxy) is 1. The molecule has 2 aromatic heterocycles. The average Bonchev–Trinajstić information content (AvgIpc) is 3.22. The Kier molecular flexibility index (Phi) is 12.0. The Morgan fingerprint density at radius 3 is 2.88 bits per heavy atom. The van der Waals surface area contributed by atoms with Gasteiger partial charge in [-0.2, -0.15) is 0 Å². The fourth-order valence-corrected chi connectivity index (χ4v) is 3.14. The molecule has 0 spiro atoms. The van der Waals surface area contributed by atoms with Gasteiger partial charge >= 0.3 is 0 Å². The van der Waals surface area contributed by atoms with Crippen LogP contribution in [0.25, 0.3) is 0 Å². The van der Waals surface area contributed by atoms with Crippen molar-refractivity contribution in [1.82, 2.24) is 10.6 Å². The summed E-state index contributed by atoms with van der Waals surface area (Å²) in [5.74, 6) is 1.69. The number of hydrogen-bond donors (Lipinski definition) is 2. The largest absolute Gasteiger partial charge is 0.467 e. The standard InChI is InChI=1S/C17H24ClN3O2S.HI/c1-2-19-17(21-10-8-15-6-7-16(18)24-15)20-9-4-11-22-13-14-5-3-12-23-14;/h3,5-7,12H,2,4,8-11,13H2,1H3,(H2,19,20,21);1H. The number of halogens is 2. The van der Waals surface area contributed by atoms with E-state index >= 15 is 0 Å². The van der Waals surface area contributed by atoms with E-state index in [9.17, 15) is 0 Å². The lowest BCUT2D eigenvalue weighted by molar-refractivity contribution is 0.105. The lowest BCUT2D eigenvalue weighted by Crippen LogP contribution is -2.38. The van der Waals surface area contributed by atoms with Gasteiger partial charge in [0.15, 0.2) is 5.96 Å².